The molecule has 0 heterocycles. The van der Waals surface area contributed by atoms with Gasteiger partial charge >= 0.3 is 0 Å². The van der Waals surface area contributed by atoms with Gasteiger partial charge in [0.2, 0.25) is 0 Å². The van der Waals surface area contributed by atoms with Crippen molar-refractivity contribution in [2.75, 3.05) is 6.61 Å². The predicted octanol–water partition coefficient (Wildman–Crippen LogP) is 5.39. The molecular formula is C15H32OSi. The zero-order chi connectivity index (χ0) is 13.7. The number of rotatable bonds is 7. The van der Waals surface area contributed by atoms with E-state index in [4.69, 9.17) is 4.43 Å². The third kappa shape index (κ3) is 7.05. The molecule has 1 atom stereocenters. The van der Waals surface area contributed by atoms with Crippen LogP contribution >= 0.6 is 0 Å². The van der Waals surface area contributed by atoms with Crippen LogP contribution < -0.4 is 0 Å². The maximum atomic E-state index is 6.23. The van der Waals surface area contributed by atoms with E-state index >= 15 is 0 Å². The average molecular weight is 257 g/mol. The Morgan fingerprint density at radius 1 is 1.29 bits per heavy atom. The Bertz CT molecular complexity index is 238. The van der Waals surface area contributed by atoms with Gasteiger partial charge in [-0.25, -0.2) is 0 Å². The molecular weight excluding hydrogens is 224 g/mol. The Morgan fingerprint density at radius 3 is 2.24 bits per heavy atom. The van der Waals surface area contributed by atoms with Crippen LogP contribution in [-0.2, 0) is 4.43 Å². The molecule has 102 valence electrons. The van der Waals surface area contributed by atoms with Gasteiger partial charge in [-0.1, -0.05) is 33.3 Å². The van der Waals surface area contributed by atoms with Crippen molar-refractivity contribution < 1.29 is 4.43 Å². The van der Waals surface area contributed by atoms with Crippen LogP contribution in [0.5, 0.6) is 0 Å². The SMILES string of the molecule is C=C(C)CCC[C@H](C)CO[Si](C)(C)C(C)(C)C. The van der Waals surface area contributed by atoms with Crippen LogP contribution in [0.4, 0.5) is 0 Å². The zero-order valence-electron chi connectivity index (χ0n) is 13.0. The zero-order valence-corrected chi connectivity index (χ0v) is 14.0. The molecule has 1 nitrogen and oxygen atoms in total. The maximum Gasteiger partial charge on any atom is 0.191 e. The first-order valence-electron chi connectivity index (χ1n) is 6.84. The molecule has 0 N–H and O–H groups in total. The van der Waals surface area contributed by atoms with Gasteiger partial charge in [0.25, 0.3) is 0 Å². The molecule has 0 aliphatic rings. The summed E-state index contributed by atoms with van der Waals surface area (Å²) >= 11 is 0. The van der Waals surface area contributed by atoms with E-state index in [0.717, 1.165) is 13.0 Å². The van der Waals surface area contributed by atoms with Crippen molar-refractivity contribution in [3.05, 3.63) is 12.2 Å². The van der Waals surface area contributed by atoms with Crippen molar-refractivity contribution >= 4 is 8.32 Å². The van der Waals surface area contributed by atoms with E-state index < -0.39 is 8.32 Å². The normalized spacial score (nSPS) is 14.8. The second-order valence-electron chi connectivity index (χ2n) is 7.03. The molecule has 0 aromatic carbocycles. The molecule has 0 aromatic rings. The molecule has 0 amide bonds. The summed E-state index contributed by atoms with van der Waals surface area (Å²) in [5.41, 5.74) is 1.29. The van der Waals surface area contributed by atoms with E-state index in [1.54, 1.807) is 0 Å². The van der Waals surface area contributed by atoms with E-state index in [1.807, 2.05) is 0 Å². The molecule has 17 heavy (non-hydrogen) atoms. The smallest absolute Gasteiger partial charge is 0.191 e. The lowest BCUT2D eigenvalue weighted by atomic mass is 10.0. The summed E-state index contributed by atoms with van der Waals surface area (Å²) in [6, 6.07) is 0. The van der Waals surface area contributed by atoms with Gasteiger partial charge in [0.15, 0.2) is 8.32 Å². The highest BCUT2D eigenvalue weighted by Gasteiger charge is 2.37. The van der Waals surface area contributed by atoms with Crippen LogP contribution in [-0.4, -0.2) is 14.9 Å². The summed E-state index contributed by atoms with van der Waals surface area (Å²) in [5, 5.41) is 0.324. The minimum absolute atomic E-state index is 0.324. The number of hydrogen-bond acceptors (Lipinski definition) is 1. The van der Waals surface area contributed by atoms with Crippen LogP contribution in [0.25, 0.3) is 0 Å². The second-order valence-corrected chi connectivity index (χ2v) is 11.8. The molecule has 0 aliphatic heterocycles. The highest BCUT2D eigenvalue weighted by Crippen LogP contribution is 2.36. The molecule has 0 saturated heterocycles. The lowest BCUT2D eigenvalue weighted by Gasteiger charge is -2.37. The summed E-state index contributed by atoms with van der Waals surface area (Å²) in [4.78, 5) is 0. The minimum atomic E-state index is -1.55. The molecule has 0 unspecified atom stereocenters. The van der Waals surface area contributed by atoms with Crippen LogP contribution in [0, 0.1) is 5.92 Å². The fourth-order valence-corrected chi connectivity index (χ4v) is 2.54. The van der Waals surface area contributed by atoms with Gasteiger partial charge in [-0.15, -0.1) is 6.58 Å². The number of hydrogen-bond donors (Lipinski definition) is 0. The van der Waals surface area contributed by atoms with E-state index in [9.17, 15) is 0 Å². The molecule has 0 fully saturated rings. The van der Waals surface area contributed by atoms with Crippen molar-refractivity contribution in [2.45, 2.75) is 72.0 Å². The van der Waals surface area contributed by atoms with E-state index in [-0.39, 0.29) is 0 Å². The van der Waals surface area contributed by atoms with Gasteiger partial charge in [-0.2, -0.15) is 0 Å². The maximum absolute atomic E-state index is 6.23. The predicted molar refractivity (Wildman–Crippen MR) is 81.0 cm³/mol. The molecule has 0 aliphatic carbocycles. The van der Waals surface area contributed by atoms with Gasteiger partial charge in [-0.05, 0) is 50.2 Å². The Labute approximate surface area is 110 Å². The molecule has 0 aromatic heterocycles. The highest BCUT2D eigenvalue weighted by molar-refractivity contribution is 6.74. The van der Waals surface area contributed by atoms with Gasteiger partial charge in [0, 0.05) is 6.61 Å². The summed E-state index contributed by atoms with van der Waals surface area (Å²) in [6.45, 7) is 20.8. The summed E-state index contributed by atoms with van der Waals surface area (Å²) < 4.78 is 6.23. The second kappa shape index (κ2) is 6.74. The average Bonchev–Trinajstić information content (AvgIpc) is 2.12. The van der Waals surface area contributed by atoms with Crippen molar-refractivity contribution in [3.8, 4) is 0 Å². The molecule has 2 heteroatoms. The highest BCUT2D eigenvalue weighted by atomic mass is 28.4. The Kier molecular flexibility index (Phi) is 6.71. The van der Waals surface area contributed by atoms with Gasteiger partial charge in [0.05, 0.1) is 0 Å². The Morgan fingerprint density at radius 2 is 1.82 bits per heavy atom. The van der Waals surface area contributed by atoms with Gasteiger partial charge in [-0.3, -0.25) is 0 Å². The van der Waals surface area contributed by atoms with Crippen LogP contribution in [0.3, 0.4) is 0 Å². The van der Waals surface area contributed by atoms with E-state index in [0.29, 0.717) is 11.0 Å². The summed E-state index contributed by atoms with van der Waals surface area (Å²) in [6.07, 6.45) is 3.66. The molecule has 0 saturated carbocycles. The van der Waals surface area contributed by atoms with Gasteiger partial charge < -0.3 is 4.43 Å². The van der Waals surface area contributed by atoms with Crippen LogP contribution in [0.15, 0.2) is 12.2 Å². The summed E-state index contributed by atoms with van der Waals surface area (Å²) in [5.74, 6) is 0.670. The van der Waals surface area contributed by atoms with E-state index in [1.165, 1.54) is 18.4 Å². The Hall–Kier alpha value is -0.0831. The molecule has 0 rings (SSSR count). The minimum Gasteiger partial charge on any atom is -0.417 e. The first-order valence-corrected chi connectivity index (χ1v) is 9.75. The summed E-state index contributed by atoms with van der Waals surface area (Å²) in [7, 11) is -1.55. The lowest BCUT2D eigenvalue weighted by molar-refractivity contribution is 0.229. The topological polar surface area (TPSA) is 9.23 Å². The quantitative estimate of drug-likeness (QED) is 0.438. The largest absolute Gasteiger partial charge is 0.417 e. The standard InChI is InChI=1S/C15H32OSi/c1-13(2)10-9-11-14(3)12-16-17(7,8)15(4,5)6/h14H,1,9-12H2,2-8H3/t14-/m0/s1. The fourth-order valence-electron chi connectivity index (χ4n) is 1.40. The monoisotopic (exact) mass is 256 g/mol. The first-order chi connectivity index (χ1) is 7.56. The van der Waals surface area contributed by atoms with Crippen molar-refractivity contribution in [2.24, 2.45) is 5.92 Å². The van der Waals surface area contributed by atoms with E-state index in [2.05, 4.69) is 54.3 Å². The molecule has 0 spiro atoms. The van der Waals surface area contributed by atoms with Crippen molar-refractivity contribution in [1.29, 1.82) is 0 Å². The van der Waals surface area contributed by atoms with Crippen molar-refractivity contribution in [3.63, 3.8) is 0 Å². The van der Waals surface area contributed by atoms with Crippen LogP contribution in [0.1, 0.15) is 53.9 Å². The lowest BCUT2D eigenvalue weighted by Crippen LogP contribution is -2.41. The fraction of sp³-hybridized carbons (Fsp3) is 0.867. The molecule has 0 radical (unpaired) electrons. The Balaban J connectivity index is 3.91. The third-order valence-electron chi connectivity index (χ3n) is 3.84. The first kappa shape index (κ1) is 16.9. The van der Waals surface area contributed by atoms with Crippen LogP contribution in [0.2, 0.25) is 18.1 Å². The molecule has 0 bridgehead atoms. The third-order valence-corrected chi connectivity index (χ3v) is 8.34. The van der Waals surface area contributed by atoms with Crippen molar-refractivity contribution in [1.82, 2.24) is 0 Å². The van der Waals surface area contributed by atoms with Gasteiger partial charge in [0.1, 0.15) is 0 Å². The number of allylic oxidation sites excluding steroid dienone is 1.